The average molecular weight is 219 g/mol. The molecule has 2 atom stereocenters. The Hall–Kier alpha value is -0.820. The lowest BCUT2D eigenvalue weighted by Crippen LogP contribution is -2.29. The molecule has 1 aromatic rings. The molecular formula is C15H25N. The molecule has 0 amide bonds. The number of aryl methyl sites for hydroxylation is 1. The highest BCUT2D eigenvalue weighted by Gasteiger charge is 2.06. The Morgan fingerprint density at radius 2 is 1.75 bits per heavy atom. The minimum absolute atomic E-state index is 0.597. The summed E-state index contributed by atoms with van der Waals surface area (Å²) in [5, 5.41) is 3.60. The lowest BCUT2D eigenvalue weighted by Gasteiger charge is -2.17. The molecule has 0 aliphatic heterocycles. The smallest absolute Gasteiger partial charge is 0.00388 e. The summed E-state index contributed by atoms with van der Waals surface area (Å²) in [5.41, 5.74) is 2.77. The van der Waals surface area contributed by atoms with Gasteiger partial charge in [-0.3, -0.25) is 0 Å². The van der Waals surface area contributed by atoms with Crippen molar-refractivity contribution >= 4 is 0 Å². The Kier molecular flexibility index (Phi) is 5.54. The highest BCUT2D eigenvalue weighted by Crippen LogP contribution is 2.15. The molecular weight excluding hydrogens is 194 g/mol. The molecule has 90 valence electrons. The van der Waals surface area contributed by atoms with Crippen LogP contribution >= 0.6 is 0 Å². The summed E-state index contributed by atoms with van der Waals surface area (Å²) >= 11 is 0. The van der Waals surface area contributed by atoms with Gasteiger partial charge in [0.2, 0.25) is 0 Å². The van der Waals surface area contributed by atoms with Crippen molar-refractivity contribution in [1.29, 1.82) is 0 Å². The van der Waals surface area contributed by atoms with E-state index in [9.17, 15) is 0 Å². The van der Waals surface area contributed by atoms with E-state index in [1.165, 1.54) is 24.0 Å². The third-order valence-corrected chi connectivity index (χ3v) is 3.14. The van der Waals surface area contributed by atoms with E-state index in [0.29, 0.717) is 12.0 Å². The molecule has 16 heavy (non-hydrogen) atoms. The third kappa shape index (κ3) is 4.36. The van der Waals surface area contributed by atoms with Crippen LogP contribution in [0, 0.1) is 6.92 Å². The first-order valence-electron chi connectivity index (χ1n) is 6.43. The molecule has 1 nitrogen and oxygen atoms in total. The number of rotatable bonds is 6. The van der Waals surface area contributed by atoms with Crippen LogP contribution in [0.25, 0.3) is 0 Å². The molecule has 0 bridgehead atoms. The van der Waals surface area contributed by atoms with E-state index in [1.807, 2.05) is 0 Å². The molecule has 0 aliphatic carbocycles. The van der Waals surface area contributed by atoms with Crippen LogP contribution < -0.4 is 5.32 Å². The predicted octanol–water partition coefficient (Wildman–Crippen LogP) is 3.88. The maximum Gasteiger partial charge on any atom is 0.00388 e. The summed E-state index contributed by atoms with van der Waals surface area (Å²) < 4.78 is 0. The molecule has 1 N–H and O–H groups in total. The van der Waals surface area contributed by atoms with Crippen molar-refractivity contribution in [2.24, 2.45) is 0 Å². The first kappa shape index (κ1) is 13.2. The van der Waals surface area contributed by atoms with Gasteiger partial charge in [0.25, 0.3) is 0 Å². The summed E-state index contributed by atoms with van der Waals surface area (Å²) in [6, 6.07) is 9.51. The zero-order chi connectivity index (χ0) is 12.0. The van der Waals surface area contributed by atoms with Crippen molar-refractivity contribution in [1.82, 2.24) is 5.32 Å². The van der Waals surface area contributed by atoms with E-state index in [1.54, 1.807) is 0 Å². The van der Waals surface area contributed by atoms with E-state index in [-0.39, 0.29) is 0 Å². The van der Waals surface area contributed by atoms with Crippen molar-refractivity contribution < 1.29 is 0 Å². The van der Waals surface area contributed by atoms with Gasteiger partial charge in [-0.15, -0.1) is 0 Å². The summed E-state index contributed by atoms with van der Waals surface area (Å²) in [6.07, 6.45) is 2.52. The maximum atomic E-state index is 3.60. The molecule has 1 aromatic carbocycles. The topological polar surface area (TPSA) is 12.0 Å². The second-order valence-electron chi connectivity index (χ2n) is 4.91. The van der Waals surface area contributed by atoms with Gasteiger partial charge in [-0.25, -0.2) is 0 Å². The molecule has 1 rings (SSSR count). The van der Waals surface area contributed by atoms with Crippen molar-refractivity contribution in [2.75, 3.05) is 6.54 Å². The van der Waals surface area contributed by atoms with Crippen LogP contribution in [0.4, 0.5) is 0 Å². The number of nitrogens with one attached hydrogen (secondary N) is 1. The highest BCUT2D eigenvalue weighted by atomic mass is 14.9. The van der Waals surface area contributed by atoms with E-state index in [0.717, 1.165) is 6.54 Å². The van der Waals surface area contributed by atoms with Crippen LogP contribution in [0.5, 0.6) is 0 Å². The minimum Gasteiger partial charge on any atom is -0.314 e. The van der Waals surface area contributed by atoms with Gasteiger partial charge in [0.05, 0.1) is 0 Å². The predicted molar refractivity (Wildman–Crippen MR) is 72.0 cm³/mol. The monoisotopic (exact) mass is 219 g/mol. The Morgan fingerprint density at radius 1 is 1.12 bits per heavy atom. The van der Waals surface area contributed by atoms with Gasteiger partial charge < -0.3 is 5.32 Å². The van der Waals surface area contributed by atoms with Crippen molar-refractivity contribution in [3.8, 4) is 0 Å². The molecule has 0 saturated carbocycles. The molecule has 0 spiro atoms. The Morgan fingerprint density at radius 3 is 2.31 bits per heavy atom. The number of hydrogen-bond acceptors (Lipinski definition) is 1. The summed E-state index contributed by atoms with van der Waals surface area (Å²) in [6.45, 7) is 10.0. The normalized spacial score (nSPS) is 14.8. The van der Waals surface area contributed by atoms with Crippen LogP contribution in [0.3, 0.4) is 0 Å². The summed E-state index contributed by atoms with van der Waals surface area (Å²) in [4.78, 5) is 0. The molecule has 0 saturated heterocycles. The van der Waals surface area contributed by atoms with Crippen molar-refractivity contribution in [2.45, 2.75) is 52.5 Å². The average Bonchev–Trinajstić information content (AvgIpc) is 2.27. The van der Waals surface area contributed by atoms with Crippen LogP contribution in [0.2, 0.25) is 0 Å². The van der Waals surface area contributed by atoms with Crippen LogP contribution in [-0.4, -0.2) is 12.6 Å². The van der Waals surface area contributed by atoms with Crippen LogP contribution in [-0.2, 0) is 0 Å². The molecule has 1 heteroatoms. The summed E-state index contributed by atoms with van der Waals surface area (Å²) in [7, 11) is 0. The third-order valence-electron chi connectivity index (χ3n) is 3.14. The van der Waals surface area contributed by atoms with Gasteiger partial charge in [0.15, 0.2) is 0 Å². The van der Waals surface area contributed by atoms with E-state index in [2.05, 4.69) is 57.3 Å². The lowest BCUT2D eigenvalue weighted by atomic mass is 9.99. The standard InChI is InChI=1S/C15H25N/c1-5-6-14(4)16-11-13(3)15-9-7-12(2)8-10-15/h7-10,13-14,16H,5-6,11H2,1-4H3. The lowest BCUT2D eigenvalue weighted by molar-refractivity contribution is 0.488. The van der Waals surface area contributed by atoms with Gasteiger partial charge in [-0.2, -0.15) is 0 Å². The minimum atomic E-state index is 0.597. The summed E-state index contributed by atoms with van der Waals surface area (Å²) in [5.74, 6) is 0.597. The second-order valence-corrected chi connectivity index (χ2v) is 4.91. The van der Waals surface area contributed by atoms with Crippen molar-refractivity contribution in [3.63, 3.8) is 0 Å². The number of benzene rings is 1. The van der Waals surface area contributed by atoms with Gasteiger partial charge in [-0.05, 0) is 31.7 Å². The first-order valence-corrected chi connectivity index (χ1v) is 6.43. The molecule has 0 fully saturated rings. The Labute approximate surface area is 100 Å². The zero-order valence-corrected chi connectivity index (χ0v) is 11.1. The van der Waals surface area contributed by atoms with Crippen LogP contribution in [0.1, 0.15) is 50.7 Å². The van der Waals surface area contributed by atoms with Crippen LogP contribution in [0.15, 0.2) is 24.3 Å². The molecule has 0 radical (unpaired) electrons. The highest BCUT2D eigenvalue weighted by molar-refractivity contribution is 5.24. The zero-order valence-electron chi connectivity index (χ0n) is 11.1. The Balaban J connectivity index is 2.40. The largest absolute Gasteiger partial charge is 0.314 e. The second kappa shape index (κ2) is 6.70. The fourth-order valence-corrected chi connectivity index (χ4v) is 1.93. The van der Waals surface area contributed by atoms with Crippen molar-refractivity contribution in [3.05, 3.63) is 35.4 Å². The Bertz CT molecular complexity index is 289. The van der Waals surface area contributed by atoms with Gasteiger partial charge in [0, 0.05) is 12.6 Å². The molecule has 0 heterocycles. The van der Waals surface area contributed by atoms with Gasteiger partial charge >= 0.3 is 0 Å². The SMILES string of the molecule is CCCC(C)NCC(C)c1ccc(C)cc1. The first-order chi connectivity index (χ1) is 7.63. The quantitative estimate of drug-likeness (QED) is 0.765. The van der Waals surface area contributed by atoms with E-state index >= 15 is 0 Å². The molecule has 0 aliphatic rings. The van der Waals surface area contributed by atoms with Gasteiger partial charge in [0.1, 0.15) is 0 Å². The van der Waals surface area contributed by atoms with E-state index < -0.39 is 0 Å². The molecule has 2 unspecified atom stereocenters. The maximum absolute atomic E-state index is 3.60. The van der Waals surface area contributed by atoms with Gasteiger partial charge in [-0.1, -0.05) is 50.1 Å². The van der Waals surface area contributed by atoms with E-state index in [4.69, 9.17) is 0 Å². The fraction of sp³-hybridized carbons (Fsp3) is 0.600. The number of hydrogen-bond donors (Lipinski definition) is 1. The molecule has 0 aromatic heterocycles. The fourth-order valence-electron chi connectivity index (χ4n) is 1.93.